The lowest BCUT2D eigenvalue weighted by atomic mass is 9.88. The first-order valence-electron chi connectivity index (χ1n) is 10.7. The van der Waals surface area contributed by atoms with E-state index in [-0.39, 0.29) is 11.7 Å². The molecule has 0 saturated carbocycles. The molecule has 3 heterocycles. The maximum absolute atomic E-state index is 14.0. The van der Waals surface area contributed by atoms with Crippen molar-refractivity contribution in [2.75, 3.05) is 10.6 Å². The molecule has 2 unspecified atom stereocenters. The van der Waals surface area contributed by atoms with Crippen LogP contribution < -0.4 is 15.6 Å². The van der Waals surface area contributed by atoms with Crippen molar-refractivity contribution in [1.82, 2.24) is 14.8 Å². The van der Waals surface area contributed by atoms with E-state index in [1.165, 1.54) is 17.8 Å². The van der Waals surface area contributed by atoms with Crippen LogP contribution in [-0.4, -0.2) is 20.7 Å². The summed E-state index contributed by atoms with van der Waals surface area (Å²) < 4.78 is 15.8. The van der Waals surface area contributed by atoms with Gasteiger partial charge in [0.25, 0.3) is 0 Å². The average molecular weight is 474 g/mol. The number of nitrogens with zero attached hydrogens (tertiary/aromatic N) is 3. The average Bonchev–Trinajstić information content (AvgIpc) is 3.26. The number of pyridine rings is 1. The minimum atomic E-state index is -0.638. The Morgan fingerprint density at radius 3 is 2.71 bits per heavy atom. The van der Waals surface area contributed by atoms with Crippen molar-refractivity contribution < 1.29 is 14.2 Å². The fourth-order valence-electron chi connectivity index (χ4n) is 3.93. The predicted octanol–water partition coefficient (Wildman–Crippen LogP) is 4.31. The second-order valence-corrected chi connectivity index (χ2v) is 8.75. The van der Waals surface area contributed by atoms with E-state index in [2.05, 4.69) is 32.3 Å². The van der Waals surface area contributed by atoms with Gasteiger partial charge < -0.3 is 10.6 Å². The van der Waals surface area contributed by atoms with Crippen LogP contribution >= 0.6 is 11.8 Å². The predicted molar refractivity (Wildman–Crippen MR) is 128 cm³/mol. The first-order chi connectivity index (χ1) is 16.6. The fourth-order valence-corrected chi connectivity index (χ4v) is 4.75. The van der Waals surface area contributed by atoms with Crippen LogP contribution in [0.15, 0.2) is 96.6 Å². The molecule has 0 fully saturated rings. The summed E-state index contributed by atoms with van der Waals surface area (Å²) in [4.78, 5) is 20.9. The minimum absolute atomic E-state index is 0.215. The normalized spacial score (nSPS) is 17.0. The quantitative estimate of drug-likeness (QED) is 0.408. The van der Waals surface area contributed by atoms with Gasteiger partial charge in [0.1, 0.15) is 17.4 Å². The van der Waals surface area contributed by atoms with Crippen molar-refractivity contribution in [3.05, 3.63) is 108 Å². The van der Waals surface area contributed by atoms with Gasteiger partial charge in [-0.3, -0.25) is 4.79 Å². The molecule has 1 amide bonds. The van der Waals surface area contributed by atoms with E-state index in [0.717, 1.165) is 5.56 Å². The van der Waals surface area contributed by atoms with Crippen molar-refractivity contribution in [3.8, 4) is 0 Å². The molecule has 0 spiro atoms. The summed E-state index contributed by atoms with van der Waals surface area (Å²) in [5.74, 6) is -0.231. The van der Waals surface area contributed by atoms with Crippen LogP contribution in [-0.2, 0) is 10.5 Å². The molecule has 4 aromatic rings. The van der Waals surface area contributed by atoms with E-state index >= 15 is 0 Å². The molecular weight excluding hydrogens is 451 g/mol. The summed E-state index contributed by atoms with van der Waals surface area (Å²) in [5.41, 5.74) is 2.66. The van der Waals surface area contributed by atoms with Crippen molar-refractivity contribution in [3.63, 3.8) is 0 Å². The van der Waals surface area contributed by atoms with Crippen molar-refractivity contribution >= 4 is 29.3 Å². The van der Waals surface area contributed by atoms with Crippen LogP contribution in [0.2, 0.25) is 0 Å². The Hall–Kier alpha value is -3.98. The first-order valence-corrected chi connectivity index (χ1v) is 11.7. The van der Waals surface area contributed by atoms with Crippen LogP contribution in [0.3, 0.4) is 0 Å². The van der Waals surface area contributed by atoms with Crippen LogP contribution in [0.1, 0.15) is 17.2 Å². The number of fused-ring (bicyclic) bond motifs is 1. The maximum atomic E-state index is 14.0. The van der Waals surface area contributed by atoms with E-state index in [4.69, 9.17) is 0 Å². The number of carbonyl (C=O) groups is 1. The molecule has 1 aliphatic rings. The number of nitrogens with one attached hydrogen (secondary N) is 3. The highest BCUT2D eigenvalue weighted by atomic mass is 32.2. The molecule has 170 valence electrons. The van der Waals surface area contributed by atoms with Crippen LogP contribution in [0.25, 0.3) is 0 Å². The summed E-state index contributed by atoms with van der Waals surface area (Å²) in [5, 5.41) is 11.3. The van der Waals surface area contributed by atoms with Gasteiger partial charge in [-0.15, -0.1) is 5.10 Å². The Labute approximate surface area is 200 Å². The number of aromatic amines is 1. The van der Waals surface area contributed by atoms with Gasteiger partial charge >= 0.3 is 0 Å². The van der Waals surface area contributed by atoms with Gasteiger partial charge in [0, 0.05) is 17.5 Å². The fraction of sp³-hybridized carbons (Fsp3) is 0.120. The van der Waals surface area contributed by atoms with E-state index in [9.17, 15) is 9.18 Å². The Balaban J connectivity index is 1.47. The van der Waals surface area contributed by atoms with Gasteiger partial charge in [0.05, 0.1) is 6.04 Å². The number of carbonyl (C=O) groups excluding carboxylic acids is 1. The van der Waals surface area contributed by atoms with Crippen molar-refractivity contribution in [1.29, 1.82) is 0 Å². The molecule has 1 aliphatic heterocycles. The monoisotopic (exact) mass is 473 g/mol. The highest BCUT2D eigenvalue weighted by Gasteiger charge is 2.40. The molecule has 5 rings (SSSR count). The molecule has 9 heteroatoms. The summed E-state index contributed by atoms with van der Waals surface area (Å²) in [6.45, 7) is 4.13. The van der Waals surface area contributed by atoms with Gasteiger partial charge in [-0.2, -0.15) is 4.98 Å². The topological polar surface area (TPSA) is 86.0 Å². The molecule has 0 saturated heterocycles. The number of hydrogen-bond donors (Lipinski definition) is 2. The van der Waals surface area contributed by atoms with Gasteiger partial charge in [-0.25, -0.2) is 14.1 Å². The minimum Gasteiger partial charge on any atom is -0.328 e. The SMILES string of the molecule is C=C1Nc2nc(SCc3ccccc3F)nn2C(c2ccccc2)C1C(=O)Nc1ccc[nH+]c1. The number of hydrogen-bond acceptors (Lipinski definition) is 5. The highest BCUT2D eigenvalue weighted by Crippen LogP contribution is 2.39. The second kappa shape index (κ2) is 9.48. The molecule has 34 heavy (non-hydrogen) atoms. The van der Waals surface area contributed by atoms with Gasteiger partial charge in [-0.1, -0.05) is 66.9 Å². The van der Waals surface area contributed by atoms with Crippen LogP contribution in [0.4, 0.5) is 16.0 Å². The summed E-state index contributed by atoms with van der Waals surface area (Å²) in [7, 11) is 0. The smallest absolute Gasteiger partial charge is 0.236 e. The molecule has 0 aliphatic carbocycles. The van der Waals surface area contributed by atoms with Crippen molar-refractivity contribution in [2.24, 2.45) is 5.92 Å². The molecule has 7 nitrogen and oxygen atoms in total. The Kier molecular flexibility index (Phi) is 6.09. The maximum Gasteiger partial charge on any atom is 0.236 e. The summed E-state index contributed by atoms with van der Waals surface area (Å²) >= 11 is 1.33. The molecule has 0 bridgehead atoms. The number of amides is 1. The van der Waals surface area contributed by atoms with Gasteiger partial charge in [0.15, 0.2) is 12.4 Å². The first kappa shape index (κ1) is 21.8. The molecule has 3 N–H and O–H groups in total. The Morgan fingerprint density at radius 1 is 1.15 bits per heavy atom. The zero-order chi connectivity index (χ0) is 23.5. The number of rotatable bonds is 6. The number of thioether (sulfide) groups is 1. The third-order valence-electron chi connectivity index (χ3n) is 5.55. The van der Waals surface area contributed by atoms with Crippen LogP contribution in [0, 0.1) is 11.7 Å². The number of aromatic nitrogens is 4. The molecule has 0 radical (unpaired) electrons. The molecular formula is C25H22FN6OS+. The van der Waals surface area contributed by atoms with Gasteiger partial charge in [0.2, 0.25) is 17.0 Å². The molecule has 2 atom stereocenters. The Bertz CT molecular complexity index is 1330. The number of halogens is 1. The summed E-state index contributed by atoms with van der Waals surface area (Å²) in [6, 6.07) is 19.5. The highest BCUT2D eigenvalue weighted by molar-refractivity contribution is 7.98. The van der Waals surface area contributed by atoms with E-state index in [1.807, 2.05) is 42.5 Å². The Morgan fingerprint density at radius 2 is 1.94 bits per heavy atom. The lowest BCUT2D eigenvalue weighted by Gasteiger charge is -2.33. The zero-order valence-corrected chi connectivity index (χ0v) is 18.9. The largest absolute Gasteiger partial charge is 0.328 e. The third-order valence-corrected chi connectivity index (χ3v) is 6.44. The van der Waals surface area contributed by atoms with Gasteiger partial charge in [-0.05, 0) is 23.3 Å². The lowest BCUT2D eigenvalue weighted by Crippen LogP contribution is -2.39. The third kappa shape index (κ3) is 4.42. The number of anilines is 2. The standard InChI is InChI=1S/C25H21FN6OS/c1-16-21(23(33)29-19-11-7-13-27-14-19)22(17-8-3-2-4-9-17)32-24(28-16)30-25(31-32)34-15-18-10-5-6-12-20(18)26/h2-14,21-22H,1,15H2,(H,29,33)(H,28,30,31)/p+1. The van der Waals surface area contributed by atoms with E-state index in [0.29, 0.717) is 33.8 Å². The zero-order valence-electron chi connectivity index (χ0n) is 18.1. The molecule has 2 aromatic heterocycles. The van der Waals surface area contributed by atoms with Crippen molar-refractivity contribution in [2.45, 2.75) is 17.0 Å². The summed E-state index contributed by atoms with van der Waals surface area (Å²) in [6.07, 6.45) is 3.48. The van der Waals surface area contributed by atoms with Crippen LogP contribution in [0.5, 0.6) is 0 Å². The number of benzene rings is 2. The van der Waals surface area contributed by atoms with E-state index in [1.54, 1.807) is 35.3 Å². The van der Waals surface area contributed by atoms with E-state index < -0.39 is 12.0 Å². The lowest BCUT2D eigenvalue weighted by molar-refractivity contribution is -0.377. The molecule has 2 aromatic carbocycles. The second-order valence-electron chi connectivity index (χ2n) is 7.81. The number of H-pyrrole nitrogens is 1.